The fraction of sp³-hybridized carbons (Fsp3) is 0.222. The lowest BCUT2D eigenvalue weighted by Crippen LogP contribution is -2.32. The fourth-order valence-corrected chi connectivity index (χ4v) is 4.40. The molecule has 2 aromatic heterocycles. The summed E-state index contributed by atoms with van der Waals surface area (Å²) in [5.41, 5.74) is -3.64. The Hall–Kier alpha value is -2.71. The van der Waals surface area contributed by atoms with Gasteiger partial charge in [-0.2, -0.15) is 31.4 Å². The molecule has 0 saturated carbocycles. The first-order valence-electron chi connectivity index (χ1n) is 8.68. The zero-order chi connectivity index (χ0) is 23.7. The van der Waals surface area contributed by atoms with Gasteiger partial charge in [0.05, 0.1) is 27.4 Å². The van der Waals surface area contributed by atoms with Crippen LogP contribution in [0.3, 0.4) is 0 Å². The normalized spacial score (nSPS) is 12.8. The van der Waals surface area contributed by atoms with E-state index in [9.17, 15) is 39.6 Å². The number of hydrogen-bond acceptors (Lipinski definition) is 5. The second-order valence-corrected chi connectivity index (χ2v) is 9.11. The summed E-state index contributed by atoms with van der Waals surface area (Å²) < 4.78 is 105. The van der Waals surface area contributed by atoms with Crippen molar-refractivity contribution in [2.75, 3.05) is 6.54 Å². The second kappa shape index (κ2) is 8.67. The summed E-state index contributed by atoms with van der Waals surface area (Å²) in [6.07, 6.45) is -10.4. The van der Waals surface area contributed by atoms with E-state index in [4.69, 9.17) is 0 Å². The first-order valence-corrected chi connectivity index (χ1v) is 11.0. The smallest absolute Gasteiger partial charge is 0.268 e. The number of halogens is 6. The van der Waals surface area contributed by atoms with Gasteiger partial charge in [-0.25, -0.2) is 17.8 Å². The number of rotatable bonds is 6. The van der Waals surface area contributed by atoms with E-state index < -0.39 is 50.5 Å². The van der Waals surface area contributed by atoms with E-state index >= 15 is 0 Å². The predicted octanol–water partition coefficient (Wildman–Crippen LogP) is 3.99. The van der Waals surface area contributed by atoms with Gasteiger partial charge in [-0.05, 0) is 35.7 Å². The van der Waals surface area contributed by atoms with E-state index in [0.717, 1.165) is 9.56 Å². The molecule has 14 heteroatoms. The molecule has 2 heterocycles. The molecular weight excluding hydrogens is 484 g/mol. The third-order valence-electron chi connectivity index (χ3n) is 4.13. The van der Waals surface area contributed by atoms with Crippen LogP contribution in [0.25, 0.3) is 10.6 Å². The number of hydrogen-bond donors (Lipinski definition) is 1. The van der Waals surface area contributed by atoms with E-state index in [-0.39, 0.29) is 24.7 Å². The van der Waals surface area contributed by atoms with Crippen LogP contribution in [-0.4, -0.2) is 24.7 Å². The molecule has 0 spiro atoms. The van der Waals surface area contributed by atoms with Gasteiger partial charge in [0.25, 0.3) is 5.56 Å². The average Bonchev–Trinajstić information content (AvgIpc) is 3.22. The number of nitrogens with zero attached hydrogens (tertiary/aromatic N) is 2. The van der Waals surface area contributed by atoms with Crippen LogP contribution < -0.4 is 10.3 Å². The highest BCUT2D eigenvalue weighted by atomic mass is 32.2. The molecule has 0 aliphatic rings. The van der Waals surface area contributed by atoms with Gasteiger partial charge in [0, 0.05) is 12.6 Å². The molecule has 0 amide bonds. The molecule has 3 rings (SSSR count). The number of benzene rings is 1. The van der Waals surface area contributed by atoms with E-state index in [1.165, 1.54) is 23.5 Å². The highest BCUT2D eigenvalue weighted by Gasteiger charge is 2.38. The molecule has 1 N–H and O–H groups in total. The Kier molecular flexibility index (Phi) is 6.49. The monoisotopic (exact) mass is 497 g/mol. The van der Waals surface area contributed by atoms with Crippen molar-refractivity contribution in [3.63, 3.8) is 0 Å². The van der Waals surface area contributed by atoms with E-state index in [0.29, 0.717) is 5.69 Å². The van der Waals surface area contributed by atoms with Crippen molar-refractivity contribution in [3.05, 3.63) is 69.3 Å². The minimum atomic E-state index is -5.19. The first-order chi connectivity index (χ1) is 14.8. The SMILES string of the molecule is O=c1ccc(-c2cccs2)nn1CCNS(=O)(=O)c1cc(C(F)(F)F)cc(C(F)(F)F)c1. The Morgan fingerprint density at radius 3 is 2.12 bits per heavy atom. The lowest BCUT2D eigenvalue weighted by atomic mass is 10.1. The average molecular weight is 497 g/mol. The first kappa shape index (κ1) is 23.9. The zero-order valence-electron chi connectivity index (χ0n) is 15.7. The largest absolute Gasteiger partial charge is 0.416 e. The van der Waals surface area contributed by atoms with E-state index in [2.05, 4.69) is 5.10 Å². The third-order valence-corrected chi connectivity index (χ3v) is 6.46. The summed E-state index contributed by atoms with van der Waals surface area (Å²) in [5, 5.41) is 5.86. The van der Waals surface area contributed by atoms with Gasteiger partial charge in [-0.3, -0.25) is 4.79 Å². The standard InChI is InChI=1S/C18H13F6N3O3S2/c19-17(20,21)11-8-12(18(22,23)24)10-13(9-11)32(29,30)25-5-6-27-16(28)4-3-14(26-27)15-2-1-7-31-15/h1-4,7-10,25H,5-6H2. The Balaban J connectivity index is 1.83. The van der Waals surface area contributed by atoms with Gasteiger partial charge < -0.3 is 0 Å². The molecule has 1 aromatic carbocycles. The maximum atomic E-state index is 13.0. The predicted molar refractivity (Wildman–Crippen MR) is 103 cm³/mol. The number of sulfonamides is 1. The summed E-state index contributed by atoms with van der Waals surface area (Å²) in [5.74, 6) is 0. The van der Waals surface area contributed by atoms with Crippen LogP contribution in [0.15, 0.2) is 57.5 Å². The summed E-state index contributed by atoms with van der Waals surface area (Å²) in [4.78, 5) is 11.5. The molecule has 32 heavy (non-hydrogen) atoms. The summed E-state index contributed by atoms with van der Waals surface area (Å²) in [7, 11) is -4.75. The second-order valence-electron chi connectivity index (χ2n) is 6.40. The van der Waals surface area contributed by atoms with Crippen molar-refractivity contribution in [3.8, 4) is 10.6 Å². The summed E-state index contributed by atoms with van der Waals surface area (Å²) >= 11 is 1.35. The van der Waals surface area contributed by atoms with Gasteiger partial charge >= 0.3 is 12.4 Å². The van der Waals surface area contributed by atoms with Gasteiger partial charge in [-0.15, -0.1) is 11.3 Å². The van der Waals surface area contributed by atoms with Gasteiger partial charge in [0.15, 0.2) is 0 Å². The Labute approximate surface area is 181 Å². The molecule has 3 aromatic rings. The zero-order valence-corrected chi connectivity index (χ0v) is 17.4. The molecule has 0 radical (unpaired) electrons. The quantitative estimate of drug-likeness (QED) is 0.523. The molecular formula is C18H13F6N3O3S2. The van der Waals surface area contributed by atoms with E-state index in [1.54, 1.807) is 17.5 Å². The molecule has 6 nitrogen and oxygen atoms in total. The molecule has 0 saturated heterocycles. The highest BCUT2D eigenvalue weighted by Crippen LogP contribution is 2.37. The molecule has 0 fully saturated rings. The topological polar surface area (TPSA) is 81.1 Å². The Bertz CT molecular complexity index is 1230. The number of nitrogens with one attached hydrogen (secondary N) is 1. The van der Waals surface area contributed by atoms with Gasteiger partial charge in [0.1, 0.15) is 5.69 Å². The van der Waals surface area contributed by atoms with Crippen molar-refractivity contribution >= 4 is 21.4 Å². The minimum Gasteiger partial charge on any atom is -0.268 e. The van der Waals surface area contributed by atoms with Crippen LogP contribution in [0, 0.1) is 0 Å². The molecule has 172 valence electrons. The van der Waals surface area contributed by atoms with Gasteiger partial charge in [0.2, 0.25) is 10.0 Å². The molecule has 0 atom stereocenters. The van der Waals surface area contributed by atoms with Crippen molar-refractivity contribution in [2.45, 2.75) is 23.8 Å². The van der Waals surface area contributed by atoms with Crippen molar-refractivity contribution < 1.29 is 34.8 Å². The van der Waals surface area contributed by atoms with E-state index in [1.807, 2.05) is 4.72 Å². The Morgan fingerprint density at radius 1 is 0.969 bits per heavy atom. The van der Waals surface area contributed by atoms with Crippen LogP contribution in [-0.2, 0) is 28.9 Å². The van der Waals surface area contributed by atoms with Crippen molar-refractivity contribution in [1.29, 1.82) is 0 Å². The molecule has 0 aliphatic heterocycles. The van der Waals surface area contributed by atoms with Crippen LogP contribution in [0.4, 0.5) is 26.3 Å². The van der Waals surface area contributed by atoms with Crippen molar-refractivity contribution in [1.82, 2.24) is 14.5 Å². The van der Waals surface area contributed by atoms with Crippen LogP contribution in [0.1, 0.15) is 11.1 Å². The molecule has 0 aliphatic carbocycles. The van der Waals surface area contributed by atoms with Gasteiger partial charge in [-0.1, -0.05) is 6.07 Å². The van der Waals surface area contributed by atoms with Crippen molar-refractivity contribution in [2.24, 2.45) is 0 Å². The van der Waals surface area contributed by atoms with Crippen LogP contribution in [0.2, 0.25) is 0 Å². The molecule has 0 bridgehead atoms. The van der Waals surface area contributed by atoms with Crippen LogP contribution >= 0.6 is 11.3 Å². The number of thiophene rings is 1. The maximum Gasteiger partial charge on any atom is 0.416 e. The summed E-state index contributed by atoms with van der Waals surface area (Å²) in [6.45, 7) is -0.802. The fourth-order valence-electron chi connectivity index (χ4n) is 2.62. The number of alkyl halides is 6. The highest BCUT2D eigenvalue weighted by molar-refractivity contribution is 7.89. The third kappa shape index (κ3) is 5.55. The lowest BCUT2D eigenvalue weighted by molar-refractivity contribution is -0.143. The summed E-state index contributed by atoms with van der Waals surface area (Å²) in [6, 6.07) is 6.23. The molecule has 0 unspecified atom stereocenters. The maximum absolute atomic E-state index is 13.0. The minimum absolute atomic E-state index is 0.111. The Morgan fingerprint density at radius 2 is 1.59 bits per heavy atom. The lowest BCUT2D eigenvalue weighted by Gasteiger charge is -2.15. The van der Waals surface area contributed by atoms with Crippen LogP contribution in [0.5, 0.6) is 0 Å². The number of aromatic nitrogens is 2.